The molecule has 5 heteroatoms. The van der Waals surface area contributed by atoms with Crippen LogP contribution < -0.4 is 5.32 Å². The summed E-state index contributed by atoms with van der Waals surface area (Å²) in [4.78, 5) is 7.02. The Morgan fingerprint density at radius 2 is 2.33 bits per heavy atom. The van der Waals surface area contributed by atoms with Crippen LogP contribution >= 0.6 is 15.9 Å². The Bertz CT molecular complexity index is 442. The number of aromatic amines is 1. The summed E-state index contributed by atoms with van der Waals surface area (Å²) in [6, 6.07) is 4.51. The predicted molar refractivity (Wildman–Crippen MR) is 60.0 cm³/mol. The van der Waals surface area contributed by atoms with Crippen molar-refractivity contribution in [2.75, 3.05) is 5.32 Å². The molecule has 0 spiro atoms. The van der Waals surface area contributed by atoms with Crippen molar-refractivity contribution in [1.82, 2.24) is 9.97 Å². The zero-order valence-electron chi connectivity index (χ0n) is 7.80. The highest BCUT2D eigenvalue weighted by Crippen LogP contribution is 2.23. The molecule has 0 fully saturated rings. The Kier molecular flexibility index (Phi) is 3.01. The third-order valence-electron chi connectivity index (χ3n) is 1.93. The van der Waals surface area contributed by atoms with Gasteiger partial charge in [-0.15, -0.1) is 0 Å². The van der Waals surface area contributed by atoms with E-state index in [2.05, 4.69) is 31.2 Å². The molecule has 0 aliphatic rings. The lowest BCUT2D eigenvalue weighted by Crippen LogP contribution is -2.01. The number of hydrogen-bond donors (Lipinski definition) is 2. The van der Waals surface area contributed by atoms with Crippen LogP contribution in [0.3, 0.4) is 0 Å². The number of hydrogen-bond acceptors (Lipinski definition) is 2. The van der Waals surface area contributed by atoms with Crippen molar-refractivity contribution in [3.63, 3.8) is 0 Å². The molecule has 0 radical (unpaired) electrons. The van der Waals surface area contributed by atoms with E-state index in [1.165, 1.54) is 12.1 Å². The first kappa shape index (κ1) is 10.2. The summed E-state index contributed by atoms with van der Waals surface area (Å²) >= 11 is 3.33. The number of halogens is 2. The number of imidazole rings is 1. The van der Waals surface area contributed by atoms with E-state index in [1.54, 1.807) is 18.5 Å². The zero-order chi connectivity index (χ0) is 10.7. The molecule has 0 unspecified atom stereocenters. The lowest BCUT2D eigenvalue weighted by atomic mass is 10.3. The molecule has 3 nitrogen and oxygen atoms in total. The van der Waals surface area contributed by atoms with Crippen LogP contribution in [0.15, 0.2) is 35.1 Å². The molecule has 15 heavy (non-hydrogen) atoms. The van der Waals surface area contributed by atoms with Crippen LogP contribution in [0.4, 0.5) is 10.1 Å². The molecule has 0 saturated heterocycles. The van der Waals surface area contributed by atoms with E-state index in [-0.39, 0.29) is 5.82 Å². The zero-order valence-corrected chi connectivity index (χ0v) is 9.38. The Balaban J connectivity index is 2.07. The Labute approximate surface area is 94.9 Å². The summed E-state index contributed by atoms with van der Waals surface area (Å²) in [6.45, 7) is 0.537. The Morgan fingerprint density at radius 3 is 3.07 bits per heavy atom. The highest BCUT2D eigenvalue weighted by atomic mass is 79.9. The van der Waals surface area contributed by atoms with Gasteiger partial charge in [-0.2, -0.15) is 0 Å². The van der Waals surface area contributed by atoms with E-state index < -0.39 is 0 Å². The van der Waals surface area contributed by atoms with Crippen LogP contribution in [0, 0.1) is 5.82 Å². The van der Waals surface area contributed by atoms with Gasteiger partial charge in [0.1, 0.15) is 11.6 Å². The fourth-order valence-electron chi connectivity index (χ4n) is 1.21. The average molecular weight is 270 g/mol. The molecule has 2 N–H and O–H groups in total. The maximum Gasteiger partial charge on any atom is 0.125 e. The van der Waals surface area contributed by atoms with Crippen LogP contribution in [0.2, 0.25) is 0 Å². The van der Waals surface area contributed by atoms with Crippen LogP contribution in [0.1, 0.15) is 5.82 Å². The Morgan fingerprint density at radius 1 is 1.47 bits per heavy atom. The van der Waals surface area contributed by atoms with Gasteiger partial charge in [0.05, 0.1) is 12.2 Å². The van der Waals surface area contributed by atoms with Gasteiger partial charge in [-0.3, -0.25) is 0 Å². The van der Waals surface area contributed by atoms with Gasteiger partial charge in [0, 0.05) is 16.9 Å². The molecule has 0 atom stereocenters. The summed E-state index contributed by atoms with van der Waals surface area (Å²) in [5.74, 6) is 0.548. The van der Waals surface area contributed by atoms with Crippen LogP contribution in [0.5, 0.6) is 0 Å². The molecule has 1 aromatic carbocycles. The van der Waals surface area contributed by atoms with Crippen molar-refractivity contribution >= 4 is 21.6 Å². The second-order valence-corrected chi connectivity index (χ2v) is 3.87. The van der Waals surface area contributed by atoms with E-state index in [9.17, 15) is 4.39 Å². The normalized spacial score (nSPS) is 10.3. The third kappa shape index (κ3) is 2.56. The molecular weight excluding hydrogens is 261 g/mol. The molecular formula is C10H9BrFN3. The average Bonchev–Trinajstić information content (AvgIpc) is 2.72. The molecule has 2 aromatic rings. The lowest BCUT2D eigenvalue weighted by molar-refractivity contribution is 0.628. The molecule has 1 aromatic heterocycles. The number of nitrogens with zero attached hydrogens (tertiary/aromatic N) is 1. The highest BCUT2D eigenvalue weighted by molar-refractivity contribution is 9.10. The molecule has 78 valence electrons. The molecule has 0 aliphatic heterocycles. The smallest absolute Gasteiger partial charge is 0.125 e. The van der Waals surface area contributed by atoms with Gasteiger partial charge in [0.2, 0.25) is 0 Å². The van der Waals surface area contributed by atoms with Crippen molar-refractivity contribution < 1.29 is 4.39 Å². The van der Waals surface area contributed by atoms with Crippen LogP contribution in [-0.4, -0.2) is 9.97 Å². The van der Waals surface area contributed by atoms with Crippen molar-refractivity contribution in [3.8, 4) is 0 Å². The predicted octanol–water partition coefficient (Wildman–Crippen LogP) is 2.92. The van der Waals surface area contributed by atoms with E-state index in [1.807, 2.05) is 0 Å². The summed E-state index contributed by atoms with van der Waals surface area (Å²) < 4.78 is 13.8. The SMILES string of the molecule is Fc1ccc(Br)c(NCc2ncc[nH]2)c1. The van der Waals surface area contributed by atoms with Crippen molar-refractivity contribution in [2.24, 2.45) is 0 Å². The van der Waals surface area contributed by atoms with Gasteiger partial charge in [0.25, 0.3) is 0 Å². The van der Waals surface area contributed by atoms with E-state index >= 15 is 0 Å². The number of nitrogens with one attached hydrogen (secondary N) is 2. The molecule has 2 rings (SSSR count). The van der Waals surface area contributed by atoms with Gasteiger partial charge >= 0.3 is 0 Å². The van der Waals surface area contributed by atoms with Gasteiger partial charge in [-0.25, -0.2) is 9.37 Å². The topological polar surface area (TPSA) is 40.7 Å². The molecule has 0 amide bonds. The second-order valence-electron chi connectivity index (χ2n) is 3.01. The number of aromatic nitrogens is 2. The highest BCUT2D eigenvalue weighted by Gasteiger charge is 2.01. The summed E-state index contributed by atoms with van der Waals surface area (Å²) in [5, 5.41) is 3.08. The minimum atomic E-state index is -0.264. The van der Waals surface area contributed by atoms with Crippen molar-refractivity contribution in [1.29, 1.82) is 0 Å². The first-order valence-corrected chi connectivity index (χ1v) is 5.22. The summed E-state index contributed by atoms with van der Waals surface area (Å²) in [6.07, 6.45) is 3.43. The number of benzene rings is 1. The van der Waals surface area contributed by atoms with Gasteiger partial charge in [0.15, 0.2) is 0 Å². The van der Waals surface area contributed by atoms with E-state index in [4.69, 9.17) is 0 Å². The molecule has 0 bridgehead atoms. The fourth-order valence-corrected chi connectivity index (χ4v) is 1.59. The molecule has 0 aliphatic carbocycles. The standard InChI is InChI=1S/C10H9BrFN3/c11-8-2-1-7(12)5-9(8)15-6-10-13-3-4-14-10/h1-5,15H,6H2,(H,13,14). The van der Waals surface area contributed by atoms with Gasteiger partial charge < -0.3 is 10.3 Å². The third-order valence-corrected chi connectivity index (χ3v) is 2.62. The minimum Gasteiger partial charge on any atom is -0.377 e. The van der Waals surface area contributed by atoms with E-state index in [0.29, 0.717) is 12.2 Å². The molecule has 1 heterocycles. The largest absolute Gasteiger partial charge is 0.377 e. The summed E-state index contributed by atoms with van der Waals surface area (Å²) in [5.41, 5.74) is 0.714. The monoisotopic (exact) mass is 269 g/mol. The van der Waals surface area contributed by atoms with Gasteiger partial charge in [-0.1, -0.05) is 0 Å². The lowest BCUT2D eigenvalue weighted by Gasteiger charge is -2.06. The second kappa shape index (κ2) is 4.44. The fraction of sp³-hybridized carbons (Fsp3) is 0.100. The van der Waals surface area contributed by atoms with Crippen molar-refractivity contribution in [3.05, 3.63) is 46.7 Å². The maximum atomic E-state index is 12.9. The van der Waals surface area contributed by atoms with E-state index in [0.717, 1.165) is 10.3 Å². The molecule has 0 saturated carbocycles. The number of rotatable bonds is 3. The minimum absolute atomic E-state index is 0.264. The number of H-pyrrole nitrogens is 1. The summed E-state index contributed by atoms with van der Waals surface area (Å²) in [7, 11) is 0. The number of anilines is 1. The van der Waals surface area contributed by atoms with Crippen molar-refractivity contribution in [2.45, 2.75) is 6.54 Å². The first-order valence-electron chi connectivity index (χ1n) is 4.43. The Hall–Kier alpha value is -1.36. The maximum absolute atomic E-state index is 12.9. The quantitative estimate of drug-likeness (QED) is 0.900. The van der Waals surface area contributed by atoms with Gasteiger partial charge in [-0.05, 0) is 34.1 Å². The van der Waals surface area contributed by atoms with Crippen LogP contribution in [-0.2, 0) is 6.54 Å². The van der Waals surface area contributed by atoms with Crippen LogP contribution in [0.25, 0.3) is 0 Å². The first-order chi connectivity index (χ1) is 7.25.